The number of methoxy groups -OCH3 is 1. The van der Waals surface area contributed by atoms with Gasteiger partial charge in [0.2, 0.25) is 0 Å². The lowest BCUT2D eigenvalue weighted by Gasteiger charge is -2.37. The highest BCUT2D eigenvalue weighted by Crippen LogP contribution is 2.32. The number of aryl methyl sites for hydroxylation is 1. The highest BCUT2D eigenvalue weighted by Gasteiger charge is 2.31. The summed E-state index contributed by atoms with van der Waals surface area (Å²) in [5, 5.41) is 0. The van der Waals surface area contributed by atoms with Crippen molar-refractivity contribution < 1.29 is 22.7 Å². The van der Waals surface area contributed by atoms with Crippen LogP contribution >= 0.6 is 0 Å². The molecule has 1 saturated heterocycles. The molecule has 1 fully saturated rings. The number of nitrogens with one attached hydrogen (secondary N) is 1. The average molecular weight is 431 g/mol. The van der Waals surface area contributed by atoms with Gasteiger partial charge in [-0.3, -0.25) is 9.52 Å². The Kier molecular flexibility index (Phi) is 5.60. The fourth-order valence-electron chi connectivity index (χ4n) is 4.12. The molecule has 1 atom stereocenters. The number of benzene rings is 2. The molecular formula is C22H26N2O5S. The van der Waals surface area contributed by atoms with E-state index in [-0.39, 0.29) is 22.6 Å². The van der Waals surface area contributed by atoms with Crippen molar-refractivity contribution in [3.8, 4) is 11.5 Å². The molecule has 1 amide bonds. The summed E-state index contributed by atoms with van der Waals surface area (Å²) in [6.07, 6.45) is 3.88. The maximum absolute atomic E-state index is 13.2. The zero-order valence-electron chi connectivity index (χ0n) is 17.2. The summed E-state index contributed by atoms with van der Waals surface area (Å²) in [6.45, 7) is 3.07. The highest BCUT2D eigenvalue weighted by atomic mass is 32.2. The van der Waals surface area contributed by atoms with Gasteiger partial charge in [0.1, 0.15) is 16.4 Å². The lowest BCUT2D eigenvalue weighted by Crippen LogP contribution is -2.45. The van der Waals surface area contributed by atoms with Gasteiger partial charge in [-0.05, 0) is 62.1 Å². The summed E-state index contributed by atoms with van der Waals surface area (Å²) in [6, 6.07) is 9.98. The number of hydrogen-bond acceptors (Lipinski definition) is 5. The van der Waals surface area contributed by atoms with Gasteiger partial charge in [0, 0.05) is 24.7 Å². The van der Waals surface area contributed by atoms with Crippen LogP contribution in [0.2, 0.25) is 0 Å². The Hall–Kier alpha value is -2.74. The van der Waals surface area contributed by atoms with Gasteiger partial charge in [-0.2, -0.15) is 0 Å². The number of piperidine rings is 1. The third-order valence-corrected chi connectivity index (χ3v) is 7.07. The van der Waals surface area contributed by atoms with Gasteiger partial charge in [-0.1, -0.05) is 6.07 Å². The summed E-state index contributed by atoms with van der Waals surface area (Å²) in [4.78, 5) is 15.2. The summed E-state index contributed by atoms with van der Waals surface area (Å²) >= 11 is 0. The topological polar surface area (TPSA) is 84.9 Å². The van der Waals surface area contributed by atoms with E-state index >= 15 is 0 Å². The number of sulfonamides is 1. The van der Waals surface area contributed by atoms with Crippen LogP contribution in [-0.4, -0.2) is 45.5 Å². The maximum atomic E-state index is 13.2. The lowest BCUT2D eigenvalue weighted by molar-refractivity contribution is 0.0548. The molecule has 30 heavy (non-hydrogen) atoms. The fraction of sp³-hybridized carbons (Fsp3) is 0.409. The molecular weight excluding hydrogens is 404 g/mol. The zero-order chi connectivity index (χ0) is 21.3. The van der Waals surface area contributed by atoms with Crippen LogP contribution in [0.25, 0.3) is 0 Å². The van der Waals surface area contributed by atoms with E-state index in [1.807, 2.05) is 11.8 Å². The van der Waals surface area contributed by atoms with Crippen LogP contribution in [0.1, 0.15) is 41.6 Å². The monoisotopic (exact) mass is 430 g/mol. The molecule has 1 unspecified atom stereocenters. The van der Waals surface area contributed by atoms with E-state index in [2.05, 4.69) is 4.72 Å². The molecule has 0 spiro atoms. The molecule has 0 bridgehead atoms. The fourth-order valence-corrected chi connectivity index (χ4v) is 5.42. The Morgan fingerprint density at radius 3 is 2.77 bits per heavy atom. The SMILES string of the molecule is COc1ccc(C)cc1S(=O)(=O)Nc1ccc2c(c1)C(=O)N1CCCCC1CCO2. The van der Waals surface area contributed by atoms with Crippen LogP contribution in [-0.2, 0) is 10.0 Å². The first-order valence-electron chi connectivity index (χ1n) is 10.1. The van der Waals surface area contributed by atoms with Gasteiger partial charge in [0.25, 0.3) is 15.9 Å². The molecule has 2 aliphatic heterocycles. The number of amides is 1. The Labute approximate surface area is 177 Å². The molecule has 2 heterocycles. The standard InChI is InChI=1S/C22H26N2O5S/c1-15-6-8-20(28-2)21(13-15)30(26,27)23-16-7-9-19-18(14-16)22(25)24-11-4-3-5-17(24)10-12-29-19/h6-9,13-14,17,23H,3-5,10-12H2,1-2H3. The van der Waals surface area contributed by atoms with Crippen molar-refractivity contribution >= 4 is 21.6 Å². The van der Waals surface area contributed by atoms with E-state index < -0.39 is 10.0 Å². The van der Waals surface area contributed by atoms with Gasteiger partial charge in [-0.25, -0.2) is 8.42 Å². The Bertz CT molecular complexity index is 1070. The molecule has 0 aliphatic carbocycles. The third-order valence-electron chi connectivity index (χ3n) is 5.67. The van der Waals surface area contributed by atoms with Gasteiger partial charge >= 0.3 is 0 Å². The second-order valence-corrected chi connectivity index (χ2v) is 9.41. The minimum absolute atomic E-state index is 0.0513. The van der Waals surface area contributed by atoms with Crippen LogP contribution in [0.5, 0.6) is 11.5 Å². The van der Waals surface area contributed by atoms with Crippen LogP contribution < -0.4 is 14.2 Å². The van der Waals surface area contributed by atoms with E-state index in [1.165, 1.54) is 7.11 Å². The van der Waals surface area contributed by atoms with Crippen molar-refractivity contribution in [2.24, 2.45) is 0 Å². The number of hydrogen-bond donors (Lipinski definition) is 1. The Balaban J connectivity index is 1.67. The van der Waals surface area contributed by atoms with Crippen LogP contribution in [0, 0.1) is 6.92 Å². The quantitative estimate of drug-likeness (QED) is 0.801. The Morgan fingerprint density at radius 1 is 1.13 bits per heavy atom. The van der Waals surface area contributed by atoms with Gasteiger partial charge in [0.05, 0.1) is 19.3 Å². The molecule has 2 aliphatic rings. The van der Waals surface area contributed by atoms with Crippen molar-refractivity contribution in [1.82, 2.24) is 4.90 Å². The van der Waals surface area contributed by atoms with Gasteiger partial charge in [-0.15, -0.1) is 0 Å². The number of fused-ring (bicyclic) bond motifs is 2. The summed E-state index contributed by atoms with van der Waals surface area (Å²) < 4.78 is 39.7. The molecule has 0 aromatic heterocycles. The second kappa shape index (κ2) is 8.18. The summed E-state index contributed by atoms with van der Waals surface area (Å²) in [5.41, 5.74) is 1.50. The second-order valence-electron chi connectivity index (χ2n) is 7.76. The molecule has 1 N–H and O–H groups in total. The molecule has 7 nitrogen and oxygen atoms in total. The zero-order valence-corrected chi connectivity index (χ0v) is 18.0. The third kappa shape index (κ3) is 3.96. The first kappa shape index (κ1) is 20.5. The molecule has 2 aromatic rings. The van der Waals surface area contributed by atoms with Crippen molar-refractivity contribution in [3.05, 3.63) is 47.5 Å². The summed E-state index contributed by atoms with van der Waals surface area (Å²) in [7, 11) is -2.47. The van der Waals surface area contributed by atoms with E-state index in [1.54, 1.807) is 36.4 Å². The number of anilines is 1. The molecule has 4 rings (SSSR count). The van der Waals surface area contributed by atoms with Crippen molar-refractivity contribution in [3.63, 3.8) is 0 Å². The minimum atomic E-state index is -3.90. The van der Waals surface area contributed by atoms with E-state index in [0.29, 0.717) is 23.6 Å². The Morgan fingerprint density at radius 2 is 1.97 bits per heavy atom. The molecule has 0 saturated carbocycles. The number of carbonyl (C=O) groups is 1. The maximum Gasteiger partial charge on any atom is 0.265 e. The van der Waals surface area contributed by atoms with Crippen LogP contribution in [0.4, 0.5) is 5.69 Å². The molecule has 0 radical (unpaired) electrons. The largest absolute Gasteiger partial charge is 0.495 e. The smallest absolute Gasteiger partial charge is 0.265 e. The molecule has 8 heteroatoms. The number of ether oxygens (including phenoxy) is 2. The number of rotatable bonds is 4. The number of carbonyl (C=O) groups excluding carboxylic acids is 1. The predicted octanol–water partition coefficient (Wildman–Crippen LogP) is 3.58. The normalized spacial score (nSPS) is 19.1. The molecule has 160 valence electrons. The van der Waals surface area contributed by atoms with E-state index in [0.717, 1.165) is 37.8 Å². The summed E-state index contributed by atoms with van der Waals surface area (Å²) in [5.74, 6) is 0.638. The van der Waals surface area contributed by atoms with Gasteiger partial charge in [0.15, 0.2) is 0 Å². The average Bonchev–Trinajstić information content (AvgIpc) is 2.73. The number of nitrogens with zero attached hydrogens (tertiary/aromatic N) is 1. The molecule has 2 aromatic carbocycles. The van der Waals surface area contributed by atoms with E-state index in [4.69, 9.17) is 9.47 Å². The van der Waals surface area contributed by atoms with Crippen LogP contribution in [0.15, 0.2) is 41.3 Å². The van der Waals surface area contributed by atoms with Crippen molar-refractivity contribution in [2.75, 3.05) is 25.0 Å². The van der Waals surface area contributed by atoms with E-state index in [9.17, 15) is 13.2 Å². The van der Waals surface area contributed by atoms with Crippen molar-refractivity contribution in [2.45, 2.75) is 43.5 Å². The first-order chi connectivity index (χ1) is 14.4. The van der Waals surface area contributed by atoms with Gasteiger partial charge < -0.3 is 14.4 Å². The van der Waals surface area contributed by atoms with Crippen molar-refractivity contribution in [1.29, 1.82) is 0 Å². The lowest BCUT2D eigenvalue weighted by atomic mass is 9.97. The highest BCUT2D eigenvalue weighted by molar-refractivity contribution is 7.92. The predicted molar refractivity (Wildman–Crippen MR) is 114 cm³/mol. The first-order valence-corrected chi connectivity index (χ1v) is 11.6. The van der Waals surface area contributed by atoms with Crippen LogP contribution in [0.3, 0.4) is 0 Å². The minimum Gasteiger partial charge on any atom is -0.495 e.